The van der Waals surface area contributed by atoms with Gasteiger partial charge in [0.05, 0.1) is 0 Å². The lowest BCUT2D eigenvalue weighted by atomic mass is 9.70. The predicted molar refractivity (Wildman–Crippen MR) is 55.0 cm³/mol. The minimum Gasteiger partial charge on any atom is -0.481 e. The predicted octanol–water partition coefficient (Wildman–Crippen LogP) is 3.07. The third kappa shape index (κ3) is 2.10. The lowest BCUT2D eigenvalue weighted by molar-refractivity contribution is -0.139. The van der Waals surface area contributed by atoms with Gasteiger partial charge in [0.2, 0.25) is 0 Å². The zero-order valence-corrected chi connectivity index (χ0v) is 8.74. The maximum Gasteiger partial charge on any atom is 0.303 e. The number of aliphatic carboxylic acids is 1. The summed E-state index contributed by atoms with van der Waals surface area (Å²) in [6, 6.07) is 0. The Morgan fingerprint density at radius 1 is 1.00 bits per heavy atom. The van der Waals surface area contributed by atoms with E-state index in [1.807, 2.05) is 0 Å². The Bertz CT molecular complexity index is 198. The number of carboxylic acids is 1. The van der Waals surface area contributed by atoms with Crippen LogP contribution in [0.5, 0.6) is 0 Å². The number of carboxylic acid groups (broad SMARTS) is 1. The van der Waals surface area contributed by atoms with Crippen LogP contribution in [0.2, 0.25) is 0 Å². The van der Waals surface area contributed by atoms with Gasteiger partial charge in [-0.05, 0) is 17.8 Å². The van der Waals surface area contributed by atoms with Gasteiger partial charge in [-0.15, -0.1) is 0 Å². The molecule has 0 radical (unpaired) electrons. The maximum atomic E-state index is 10.8. The van der Waals surface area contributed by atoms with Crippen LogP contribution in [0.1, 0.15) is 51.4 Å². The molecule has 80 valence electrons. The molecule has 2 aliphatic carbocycles. The van der Waals surface area contributed by atoms with Crippen molar-refractivity contribution in [3.8, 4) is 0 Å². The Labute approximate surface area is 85.7 Å². The molecule has 1 N–H and O–H groups in total. The smallest absolute Gasteiger partial charge is 0.303 e. The molecule has 2 aliphatic rings. The fourth-order valence-electron chi connectivity index (χ4n) is 3.52. The molecule has 14 heavy (non-hydrogen) atoms. The van der Waals surface area contributed by atoms with Crippen LogP contribution in [0.4, 0.5) is 0 Å². The average molecular weight is 196 g/mol. The zero-order chi connectivity index (χ0) is 9.97. The van der Waals surface area contributed by atoms with Crippen molar-refractivity contribution in [3.05, 3.63) is 0 Å². The Balaban J connectivity index is 2.06. The minimum absolute atomic E-state index is 0.426. The van der Waals surface area contributed by atoms with Gasteiger partial charge in [0.25, 0.3) is 0 Å². The fourth-order valence-corrected chi connectivity index (χ4v) is 3.52. The number of fused-ring (bicyclic) bond motifs is 2. The second kappa shape index (κ2) is 4.33. The van der Waals surface area contributed by atoms with Gasteiger partial charge in [-0.1, -0.05) is 44.9 Å². The lowest BCUT2D eigenvalue weighted by Gasteiger charge is -2.35. The largest absolute Gasteiger partial charge is 0.481 e. The summed E-state index contributed by atoms with van der Waals surface area (Å²) in [6.45, 7) is 0. The van der Waals surface area contributed by atoms with Crippen LogP contribution in [-0.4, -0.2) is 11.1 Å². The van der Waals surface area contributed by atoms with Crippen LogP contribution in [-0.2, 0) is 4.79 Å². The minimum atomic E-state index is -0.589. The fraction of sp³-hybridized carbons (Fsp3) is 0.917. The van der Waals surface area contributed by atoms with Crippen molar-refractivity contribution in [2.75, 3.05) is 0 Å². The summed E-state index contributed by atoms with van der Waals surface area (Å²) < 4.78 is 0. The molecule has 2 nitrogen and oxygen atoms in total. The van der Waals surface area contributed by atoms with Crippen molar-refractivity contribution >= 4 is 5.97 Å². The van der Waals surface area contributed by atoms with Crippen molar-refractivity contribution < 1.29 is 9.90 Å². The third-order valence-corrected chi connectivity index (χ3v) is 4.17. The molecule has 2 fully saturated rings. The van der Waals surface area contributed by atoms with Crippen LogP contribution in [0.15, 0.2) is 0 Å². The van der Waals surface area contributed by atoms with Crippen LogP contribution in [0.25, 0.3) is 0 Å². The molecule has 0 amide bonds. The molecule has 2 rings (SSSR count). The van der Waals surface area contributed by atoms with Crippen molar-refractivity contribution in [1.82, 2.24) is 0 Å². The summed E-state index contributed by atoms with van der Waals surface area (Å²) in [4.78, 5) is 10.8. The maximum absolute atomic E-state index is 10.8. The standard InChI is InChI=1S/C12H20O2/c13-12(14)8-11-9-4-1-2-5-10(11)7-3-6-9/h9-11H,1-8H2,(H,13,14). The summed E-state index contributed by atoms with van der Waals surface area (Å²) in [6.07, 6.45) is 9.57. The first kappa shape index (κ1) is 10.0. The van der Waals surface area contributed by atoms with E-state index in [-0.39, 0.29) is 0 Å². The number of carbonyl (C=O) groups is 1. The molecular formula is C12H20O2. The number of rotatable bonds is 2. The molecule has 2 saturated carbocycles. The highest BCUT2D eigenvalue weighted by Crippen LogP contribution is 2.44. The second-order valence-corrected chi connectivity index (χ2v) is 5.00. The van der Waals surface area contributed by atoms with Gasteiger partial charge in [-0.2, -0.15) is 0 Å². The molecule has 0 spiro atoms. The van der Waals surface area contributed by atoms with Crippen molar-refractivity contribution in [2.24, 2.45) is 17.8 Å². The molecule has 2 bridgehead atoms. The van der Waals surface area contributed by atoms with Crippen LogP contribution >= 0.6 is 0 Å². The first-order chi connectivity index (χ1) is 6.77. The lowest BCUT2D eigenvalue weighted by Crippen LogP contribution is -2.28. The Morgan fingerprint density at radius 2 is 1.50 bits per heavy atom. The first-order valence-corrected chi connectivity index (χ1v) is 5.99. The van der Waals surface area contributed by atoms with E-state index in [2.05, 4.69) is 0 Å². The molecule has 2 unspecified atom stereocenters. The Morgan fingerprint density at radius 3 is 2.00 bits per heavy atom. The molecule has 2 atom stereocenters. The van der Waals surface area contributed by atoms with E-state index in [0.29, 0.717) is 12.3 Å². The van der Waals surface area contributed by atoms with Gasteiger partial charge in [0.1, 0.15) is 0 Å². The third-order valence-electron chi connectivity index (χ3n) is 4.17. The first-order valence-electron chi connectivity index (χ1n) is 5.99. The molecule has 2 heteroatoms. The van der Waals surface area contributed by atoms with Gasteiger partial charge in [0.15, 0.2) is 0 Å². The van der Waals surface area contributed by atoms with Gasteiger partial charge >= 0.3 is 5.97 Å². The summed E-state index contributed by atoms with van der Waals surface area (Å²) in [5, 5.41) is 8.91. The van der Waals surface area contributed by atoms with Gasteiger partial charge in [-0.25, -0.2) is 0 Å². The highest BCUT2D eigenvalue weighted by molar-refractivity contribution is 5.67. The molecule has 0 aromatic heterocycles. The van der Waals surface area contributed by atoms with Crippen molar-refractivity contribution in [2.45, 2.75) is 51.4 Å². The van der Waals surface area contributed by atoms with Crippen molar-refractivity contribution in [3.63, 3.8) is 0 Å². The summed E-state index contributed by atoms with van der Waals surface area (Å²) in [5.74, 6) is 1.37. The van der Waals surface area contributed by atoms with E-state index in [9.17, 15) is 4.79 Å². The topological polar surface area (TPSA) is 37.3 Å². The summed E-state index contributed by atoms with van der Waals surface area (Å²) in [5.41, 5.74) is 0. The van der Waals surface area contributed by atoms with Gasteiger partial charge in [-0.3, -0.25) is 4.79 Å². The molecule has 0 heterocycles. The van der Waals surface area contributed by atoms with Gasteiger partial charge in [0, 0.05) is 6.42 Å². The zero-order valence-electron chi connectivity index (χ0n) is 8.74. The number of hydrogen-bond acceptors (Lipinski definition) is 1. The summed E-state index contributed by atoms with van der Waals surface area (Å²) in [7, 11) is 0. The van der Waals surface area contributed by atoms with E-state index in [4.69, 9.17) is 5.11 Å². The van der Waals surface area contributed by atoms with E-state index in [0.717, 1.165) is 11.8 Å². The van der Waals surface area contributed by atoms with E-state index >= 15 is 0 Å². The SMILES string of the molecule is O=C(O)CC1C2CCCCC1CCC2. The summed E-state index contributed by atoms with van der Waals surface area (Å²) >= 11 is 0. The van der Waals surface area contributed by atoms with E-state index < -0.39 is 5.97 Å². The van der Waals surface area contributed by atoms with Crippen LogP contribution < -0.4 is 0 Å². The van der Waals surface area contributed by atoms with Crippen molar-refractivity contribution in [1.29, 1.82) is 0 Å². The Kier molecular flexibility index (Phi) is 3.09. The molecule has 0 aromatic rings. The average Bonchev–Trinajstić information content (AvgIpc) is 2.27. The Hall–Kier alpha value is -0.530. The molecule has 0 aliphatic heterocycles. The number of hydrogen-bond donors (Lipinski definition) is 1. The molecule has 0 aromatic carbocycles. The van der Waals surface area contributed by atoms with E-state index in [1.54, 1.807) is 0 Å². The monoisotopic (exact) mass is 196 g/mol. The molecular weight excluding hydrogens is 176 g/mol. The quantitative estimate of drug-likeness (QED) is 0.737. The second-order valence-electron chi connectivity index (χ2n) is 5.00. The molecule has 0 saturated heterocycles. The van der Waals surface area contributed by atoms with Crippen LogP contribution in [0.3, 0.4) is 0 Å². The van der Waals surface area contributed by atoms with Gasteiger partial charge < -0.3 is 5.11 Å². The highest BCUT2D eigenvalue weighted by Gasteiger charge is 2.35. The normalized spacial score (nSPS) is 37.6. The van der Waals surface area contributed by atoms with E-state index in [1.165, 1.54) is 44.9 Å². The highest BCUT2D eigenvalue weighted by atomic mass is 16.4. The van der Waals surface area contributed by atoms with Crippen LogP contribution in [0, 0.1) is 17.8 Å².